The molecule has 7 nitrogen and oxygen atoms in total. The molecule has 35 heavy (non-hydrogen) atoms. The first kappa shape index (κ1) is 25.7. The van der Waals surface area contributed by atoms with E-state index in [4.69, 9.17) is 4.74 Å². The summed E-state index contributed by atoms with van der Waals surface area (Å²) in [5.74, 6) is -1.67. The summed E-state index contributed by atoms with van der Waals surface area (Å²) >= 11 is 0. The number of alkyl halides is 4. The van der Waals surface area contributed by atoms with E-state index in [9.17, 15) is 22.4 Å². The van der Waals surface area contributed by atoms with Crippen LogP contribution in [0.1, 0.15) is 36.7 Å². The first-order valence-corrected chi connectivity index (χ1v) is 10.4. The van der Waals surface area contributed by atoms with Crippen LogP contribution in [0, 0.1) is 0 Å². The maximum absolute atomic E-state index is 13.0. The van der Waals surface area contributed by atoms with Gasteiger partial charge in [-0.25, -0.2) is 14.8 Å². The molecule has 0 saturated carbocycles. The zero-order valence-corrected chi connectivity index (χ0v) is 19.1. The molecule has 0 atom stereocenters. The predicted molar refractivity (Wildman–Crippen MR) is 119 cm³/mol. The molecule has 0 aliphatic rings. The number of carbonyl (C=O) groups is 1. The van der Waals surface area contributed by atoms with E-state index in [1.54, 1.807) is 62.3 Å². The molecule has 2 aromatic carbocycles. The monoisotopic (exact) mass is 493 g/mol. The molecule has 0 radical (unpaired) electrons. The van der Waals surface area contributed by atoms with E-state index in [2.05, 4.69) is 19.4 Å². The van der Waals surface area contributed by atoms with E-state index in [1.807, 2.05) is 0 Å². The van der Waals surface area contributed by atoms with E-state index in [1.165, 1.54) is 12.4 Å². The van der Waals surface area contributed by atoms with Crippen LogP contribution in [0.4, 0.5) is 28.9 Å². The molecule has 3 rings (SSSR count). The van der Waals surface area contributed by atoms with Gasteiger partial charge >= 0.3 is 19.2 Å². The minimum Gasteiger partial charge on any atom is -0.456 e. The van der Waals surface area contributed by atoms with Gasteiger partial charge in [0.2, 0.25) is 0 Å². The summed E-state index contributed by atoms with van der Waals surface area (Å²) in [6.07, 6.45) is 4.47. The highest BCUT2D eigenvalue weighted by molar-refractivity contribution is 5.91. The highest BCUT2D eigenvalue weighted by Crippen LogP contribution is 2.37. The Labute approximate surface area is 199 Å². The van der Waals surface area contributed by atoms with Crippen molar-refractivity contribution in [2.45, 2.75) is 46.1 Å². The van der Waals surface area contributed by atoms with Crippen molar-refractivity contribution in [2.75, 3.05) is 4.90 Å². The number of aromatic nitrogens is 2. The highest BCUT2D eigenvalue weighted by atomic mass is 19.3. The predicted octanol–water partition coefficient (Wildman–Crippen LogP) is 5.97. The van der Waals surface area contributed by atoms with Gasteiger partial charge in [0.05, 0.1) is 12.1 Å². The number of hydrogen-bond acceptors (Lipinski definition) is 7. The lowest BCUT2D eigenvalue weighted by Crippen LogP contribution is -2.24. The van der Waals surface area contributed by atoms with Crippen LogP contribution in [0.5, 0.6) is 11.5 Å². The third kappa shape index (κ3) is 7.56. The van der Waals surface area contributed by atoms with Gasteiger partial charge in [0, 0.05) is 35.4 Å². The fraction of sp³-hybridized carbons (Fsp3) is 0.292. The van der Waals surface area contributed by atoms with Crippen molar-refractivity contribution in [3.8, 4) is 11.5 Å². The maximum atomic E-state index is 13.0. The molecule has 0 saturated heterocycles. The van der Waals surface area contributed by atoms with Crippen molar-refractivity contribution in [3.63, 3.8) is 0 Å². The number of benzene rings is 2. The number of esters is 1. The molecule has 0 unspecified atom stereocenters. The fourth-order valence-corrected chi connectivity index (χ4v) is 3.11. The largest absolute Gasteiger partial charge is 0.456 e. The van der Waals surface area contributed by atoms with E-state index >= 15 is 0 Å². The van der Waals surface area contributed by atoms with Crippen LogP contribution in [0.3, 0.4) is 0 Å². The van der Waals surface area contributed by atoms with Gasteiger partial charge in [-0.05, 0) is 51.1 Å². The lowest BCUT2D eigenvalue weighted by Gasteiger charge is -2.27. The normalized spacial score (nSPS) is 11.5. The smallest absolute Gasteiger partial charge is 0.387 e. The van der Waals surface area contributed by atoms with Crippen molar-refractivity contribution in [2.24, 2.45) is 0 Å². The molecule has 0 bridgehead atoms. The summed E-state index contributed by atoms with van der Waals surface area (Å²) in [6, 6.07) is 10.1. The highest BCUT2D eigenvalue weighted by Gasteiger charge is 2.21. The van der Waals surface area contributed by atoms with Gasteiger partial charge in [0.25, 0.3) is 0 Å². The fourth-order valence-electron chi connectivity index (χ4n) is 3.11. The average molecular weight is 493 g/mol. The topological polar surface area (TPSA) is 73.8 Å². The van der Waals surface area contributed by atoms with Crippen LogP contribution in [-0.2, 0) is 11.3 Å². The van der Waals surface area contributed by atoms with Crippen LogP contribution >= 0.6 is 0 Å². The Morgan fingerprint density at radius 3 is 2.17 bits per heavy atom. The number of carbonyl (C=O) groups excluding carboxylic acids is 1. The molecule has 0 amide bonds. The first-order chi connectivity index (χ1) is 16.5. The molecular formula is C24H23F4N3O4. The average Bonchev–Trinajstić information content (AvgIpc) is 2.78. The van der Waals surface area contributed by atoms with Gasteiger partial charge in [-0.1, -0.05) is 6.07 Å². The molecule has 1 aromatic heterocycles. The molecule has 0 N–H and O–H groups in total. The van der Waals surface area contributed by atoms with Gasteiger partial charge in [0.1, 0.15) is 11.9 Å². The molecule has 0 fully saturated rings. The third-order valence-electron chi connectivity index (χ3n) is 4.42. The second-order valence-electron chi connectivity index (χ2n) is 8.27. The number of ether oxygens (including phenoxy) is 3. The van der Waals surface area contributed by atoms with Gasteiger partial charge < -0.3 is 19.1 Å². The summed E-state index contributed by atoms with van der Waals surface area (Å²) in [4.78, 5) is 22.2. The Balaban J connectivity index is 2.06. The van der Waals surface area contributed by atoms with Gasteiger partial charge in [-0.3, -0.25) is 0 Å². The van der Waals surface area contributed by atoms with Gasteiger partial charge in [-0.15, -0.1) is 0 Å². The molecule has 0 spiro atoms. The minimum absolute atomic E-state index is 0.155. The molecule has 1 heterocycles. The molecule has 186 valence electrons. The number of rotatable bonds is 9. The Morgan fingerprint density at radius 2 is 1.54 bits per heavy atom. The summed E-state index contributed by atoms with van der Waals surface area (Å²) in [5.41, 5.74) is 0.985. The van der Waals surface area contributed by atoms with Crippen LogP contribution in [0.15, 0.2) is 61.2 Å². The molecule has 11 heteroatoms. The van der Waals surface area contributed by atoms with E-state index in [-0.39, 0.29) is 12.1 Å². The van der Waals surface area contributed by atoms with Gasteiger partial charge in [0.15, 0.2) is 11.5 Å². The molecule has 0 aliphatic carbocycles. The maximum Gasteiger partial charge on any atom is 0.387 e. The molecular weight excluding hydrogens is 470 g/mol. The van der Waals surface area contributed by atoms with Crippen LogP contribution in [0.25, 0.3) is 0 Å². The van der Waals surface area contributed by atoms with Crippen molar-refractivity contribution in [1.82, 2.24) is 9.97 Å². The quantitative estimate of drug-likeness (QED) is 0.268. The number of nitrogens with zero attached hydrogens (tertiary/aromatic N) is 3. The summed E-state index contributed by atoms with van der Waals surface area (Å²) in [7, 11) is 0. The third-order valence-corrected chi connectivity index (χ3v) is 4.42. The van der Waals surface area contributed by atoms with Crippen molar-refractivity contribution < 1.29 is 36.6 Å². The van der Waals surface area contributed by atoms with Crippen LogP contribution < -0.4 is 14.4 Å². The van der Waals surface area contributed by atoms with E-state index in [0.29, 0.717) is 16.9 Å². The van der Waals surface area contributed by atoms with Crippen LogP contribution in [-0.4, -0.2) is 34.8 Å². The van der Waals surface area contributed by atoms with Crippen molar-refractivity contribution >= 4 is 17.3 Å². The number of halogens is 4. The summed E-state index contributed by atoms with van der Waals surface area (Å²) < 4.78 is 65.6. The van der Waals surface area contributed by atoms with E-state index < -0.39 is 36.3 Å². The first-order valence-electron chi connectivity index (χ1n) is 10.4. The molecule has 0 aliphatic heterocycles. The summed E-state index contributed by atoms with van der Waals surface area (Å²) in [5, 5.41) is 0. The zero-order chi connectivity index (χ0) is 25.6. The SMILES string of the molecule is CC(C)(C)OC(=O)c1cccc(N(Cc2cncnc2)c2ccc(OC(F)F)c(OC(F)F)c2)c1. The number of hydrogen-bond donors (Lipinski definition) is 0. The van der Waals surface area contributed by atoms with Crippen LogP contribution in [0.2, 0.25) is 0 Å². The second-order valence-corrected chi connectivity index (χ2v) is 8.27. The molecule has 3 aromatic rings. The summed E-state index contributed by atoms with van der Waals surface area (Å²) in [6.45, 7) is -1.12. The zero-order valence-electron chi connectivity index (χ0n) is 19.1. The Kier molecular flexibility index (Phi) is 8.10. The lowest BCUT2D eigenvalue weighted by molar-refractivity contribution is -0.0692. The van der Waals surface area contributed by atoms with E-state index in [0.717, 1.165) is 12.1 Å². The lowest BCUT2D eigenvalue weighted by atomic mass is 10.1. The van der Waals surface area contributed by atoms with Crippen molar-refractivity contribution in [1.29, 1.82) is 0 Å². The Bertz CT molecular complexity index is 1140. The van der Waals surface area contributed by atoms with Crippen molar-refractivity contribution in [3.05, 3.63) is 72.3 Å². The minimum atomic E-state index is -3.27. The number of anilines is 2. The van der Waals surface area contributed by atoms with Gasteiger partial charge in [-0.2, -0.15) is 17.6 Å². The second kappa shape index (κ2) is 11.0. The Hall–Kier alpha value is -3.89. The Morgan fingerprint density at radius 1 is 0.914 bits per heavy atom. The standard InChI is InChI=1S/C24H23F4N3O4/c1-24(2,3)35-21(32)16-5-4-6-17(9-16)31(13-15-11-29-14-30-12-15)18-7-8-19(33-22(25)26)20(10-18)34-23(27)28/h4-12,14,22-23H,13H2,1-3H3.